The molecule has 0 amide bonds. The summed E-state index contributed by atoms with van der Waals surface area (Å²) in [7, 11) is 0. The molecule has 0 aromatic rings. The van der Waals surface area contributed by atoms with E-state index in [2.05, 4.69) is 13.8 Å². The van der Waals surface area contributed by atoms with Crippen LogP contribution in [0.15, 0.2) is 0 Å². The average molecular weight is 147 g/mol. The monoisotopic (exact) mass is 147 g/mol. The molecule has 0 unspecified atom stereocenters. The molecule has 0 saturated carbocycles. The molecule has 0 nitrogen and oxygen atoms in total. The van der Waals surface area contributed by atoms with E-state index in [-0.39, 0.29) is 40.1 Å². The molecular formula is C4H10Y-2. The van der Waals surface area contributed by atoms with Gasteiger partial charge in [-0.05, 0) is 0 Å². The van der Waals surface area contributed by atoms with Crippen LogP contribution in [0.3, 0.4) is 0 Å². The molecule has 0 N–H and O–H groups in total. The smallest absolute Gasteiger partial charge is 0 e. The van der Waals surface area contributed by atoms with Gasteiger partial charge >= 0.3 is 0 Å². The second-order valence-corrected chi connectivity index (χ2v) is 0.354. The molecule has 0 fully saturated rings. The molecule has 0 aliphatic heterocycles. The summed E-state index contributed by atoms with van der Waals surface area (Å²) in [6, 6.07) is 0. The van der Waals surface area contributed by atoms with Crippen molar-refractivity contribution in [1.82, 2.24) is 0 Å². The Kier molecular flexibility index (Phi) is 64.1. The van der Waals surface area contributed by atoms with E-state index in [0.29, 0.717) is 0 Å². The minimum Gasteiger partial charge on any atom is -0.372 e. The van der Waals surface area contributed by atoms with Crippen molar-refractivity contribution < 1.29 is 32.7 Å². The van der Waals surface area contributed by atoms with Crippen LogP contribution in [0.1, 0.15) is 13.8 Å². The zero-order valence-electron chi connectivity index (χ0n) is 2.70. The minimum absolute atomic E-state index is 0. The van der Waals surface area contributed by atoms with E-state index >= 15 is 0 Å². The van der Waals surface area contributed by atoms with Gasteiger partial charge in [0.2, 0.25) is 0 Å². The first-order valence-electron chi connectivity index (χ1n) is 1.000. The molecular weight excluding hydrogens is 137 g/mol. The Balaban J connectivity index is -0.0000000200. The van der Waals surface area contributed by atoms with Crippen LogP contribution >= 0.6 is 0 Å². The average Bonchev–Trinajstić information content (AvgIpc) is 0.918. The molecule has 0 bridgehead atoms. The van der Waals surface area contributed by atoms with Crippen LogP contribution in [-0.4, -0.2) is 0 Å². The largest absolute Gasteiger partial charge is 0.372 e. The van der Waals surface area contributed by atoms with Gasteiger partial charge in [0.25, 0.3) is 0 Å². The molecule has 0 rings (SSSR count). The quantitative estimate of drug-likeness (QED) is 0.457. The molecule has 1 radical (unpaired) electrons. The van der Waals surface area contributed by atoms with Crippen molar-refractivity contribution >= 4 is 0 Å². The SMILES string of the molecule is C.[CH2-]C[CH2-].[Y]. The summed E-state index contributed by atoms with van der Waals surface area (Å²) >= 11 is 0. The van der Waals surface area contributed by atoms with E-state index in [0.717, 1.165) is 6.42 Å². The summed E-state index contributed by atoms with van der Waals surface area (Å²) in [6.07, 6.45) is 0.750. The van der Waals surface area contributed by atoms with Gasteiger partial charge in [-0.15, -0.1) is 0 Å². The van der Waals surface area contributed by atoms with Crippen LogP contribution in [0.2, 0.25) is 0 Å². The predicted octanol–water partition coefficient (Wildman–Crippen LogP) is 1.68. The van der Waals surface area contributed by atoms with E-state index < -0.39 is 0 Å². The van der Waals surface area contributed by atoms with E-state index in [1.165, 1.54) is 0 Å². The van der Waals surface area contributed by atoms with Crippen LogP contribution in [0.25, 0.3) is 0 Å². The third-order valence-corrected chi connectivity index (χ3v) is 0. The van der Waals surface area contributed by atoms with E-state index in [9.17, 15) is 0 Å². The van der Waals surface area contributed by atoms with Crippen LogP contribution in [-0.2, 0) is 32.7 Å². The van der Waals surface area contributed by atoms with E-state index in [4.69, 9.17) is 0 Å². The molecule has 0 saturated heterocycles. The van der Waals surface area contributed by atoms with Gasteiger partial charge in [0.15, 0.2) is 0 Å². The van der Waals surface area contributed by atoms with Crippen LogP contribution in [0.4, 0.5) is 0 Å². The normalized spacial score (nSPS) is 3.60. The maximum atomic E-state index is 3.38. The summed E-state index contributed by atoms with van der Waals surface area (Å²) in [5.41, 5.74) is 0. The van der Waals surface area contributed by atoms with Crippen molar-refractivity contribution in [2.45, 2.75) is 13.8 Å². The molecule has 1 heteroatoms. The Labute approximate surface area is 60.2 Å². The van der Waals surface area contributed by atoms with Gasteiger partial charge in [0.05, 0.1) is 0 Å². The molecule has 0 spiro atoms. The van der Waals surface area contributed by atoms with E-state index in [1.807, 2.05) is 0 Å². The Morgan fingerprint density at radius 3 is 1.20 bits per heavy atom. The first-order chi connectivity index (χ1) is 1.41. The van der Waals surface area contributed by atoms with Crippen molar-refractivity contribution in [3.8, 4) is 0 Å². The summed E-state index contributed by atoms with van der Waals surface area (Å²) in [5, 5.41) is 0. The molecule has 31 valence electrons. The topological polar surface area (TPSA) is 0 Å². The Bertz CT molecular complexity index is 3.61. The Hall–Kier alpha value is 1.10. The van der Waals surface area contributed by atoms with Gasteiger partial charge in [-0.3, -0.25) is 0 Å². The van der Waals surface area contributed by atoms with Crippen molar-refractivity contribution in [2.75, 3.05) is 0 Å². The summed E-state index contributed by atoms with van der Waals surface area (Å²) in [6.45, 7) is 6.75. The van der Waals surface area contributed by atoms with Crippen molar-refractivity contribution in [1.29, 1.82) is 0 Å². The van der Waals surface area contributed by atoms with Crippen LogP contribution in [0.5, 0.6) is 0 Å². The Morgan fingerprint density at radius 1 is 1.20 bits per heavy atom. The fourth-order valence-corrected chi connectivity index (χ4v) is 0. The molecule has 0 atom stereocenters. The molecule has 0 aromatic heterocycles. The van der Waals surface area contributed by atoms with Crippen molar-refractivity contribution in [2.24, 2.45) is 0 Å². The van der Waals surface area contributed by atoms with Crippen LogP contribution in [0, 0.1) is 13.8 Å². The van der Waals surface area contributed by atoms with Crippen molar-refractivity contribution in [3.05, 3.63) is 13.8 Å². The van der Waals surface area contributed by atoms with E-state index in [1.54, 1.807) is 0 Å². The second-order valence-electron chi connectivity index (χ2n) is 0.354. The number of hydrogen-bond donors (Lipinski definition) is 0. The number of rotatable bonds is 0. The predicted molar refractivity (Wildman–Crippen MR) is 22.1 cm³/mol. The molecule has 0 aromatic carbocycles. The maximum absolute atomic E-state index is 3.38. The summed E-state index contributed by atoms with van der Waals surface area (Å²) < 4.78 is 0. The summed E-state index contributed by atoms with van der Waals surface area (Å²) in [5.74, 6) is 0. The third kappa shape index (κ3) is 40.4. The first-order valence-corrected chi connectivity index (χ1v) is 1.000. The molecule has 5 heavy (non-hydrogen) atoms. The molecule has 0 aliphatic rings. The zero-order valence-corrected chi connectivity index (χ0v) is 5.54. The van der Waals surface area contributed by atoms with Gasteiger partial charge in [0.1, 0.15) is 0 Å². The Morgan fingerprint density at radius 2 is 1.20 bits per heavy atom. The standard InChI is InChI=1S/C3H6.CH4.Y/c1-3-2;;/h1-3H2;1H4;/q-2;;. The minimum atomic E-state index is 0. The van der Waals surface area contributed by atoms with Crippen molar-refractivity contribution in [3.63, 3.8) is 0 Å². The van der Waals surface area contributed by atoms with Gasteiger partial charge in [-0.25, -0.2) is 0 Å². The van der Waals surface area contributed by atoms with Gasteiger partial charge in [-0.1, -0.05) is 7.43 Å². The third-order valence-electron chi connectivity index (χ3n) is 0. The summed E-state index contributed by atoms with van der Waals surface area (Å²) in [4.78, 5) is 0. The van der Waals surface area contributed by atoms with Gasteiger partial charge < -0.3 is 20.3 Å². The molecule has 0 aliphatic carbocycles. The van der Waals surface area contributed by atoms with Gasteiger partial charge in [0, 0.05) is 32.7 Å². The van der Waals surface area contributed by atoms with Gasteiger partial charge in [-0.2, -0.15) is 0 Å². The first kappa shape index (κ1) is 16.5. The maximum Gasteiger partial charge on any atom is 0 e. The number of hydrogen-bond acceptors (Lipinski definition) is 0. The zero-order chi connectivity index (χ0) is 2.71. The fourth-order valence-electron chi connectivity index (χ4n) is 0. The fraction of sp³-hybridized carbons (Fsp3) is 0.500. The molecule has 0 heterocycles. The van der Waals surface area contributed by atoms with Crippen LogP contribution < -0.4 is 0 Å². The second kappa shape index (κ2) is 19.4.